The molecule has 14 nitrogen and oxygen atoms in total. The SMILES string of the molecule is CCCCCCCCC(CCCCCC)C(=O)OCCCCCCN(CCCCO)CCCCCCO[Si](C)(C)OC1CCCCCCCCCCCCCCO1.CCCCCCCCC(CCCCCC)C(=O)OCCCCCCN(CCCCO)CCCCCCO[Si](C)(C)OC1CCCCCCCCCCCCCCO1. The van der Waals surface area contributed by atoms with Crippen molar-refractivity contribution in [1.29, 1.82) is 0 Å². The molecule has 4 atom stereocenters. The molecule has 2 saturated heterocycles. The fourth-order valence-corrected chi connectivity index (χ4v) is 19.6. The molecule has 2 aliphatic heterocycles. The lowest BCUT2D eigenvalue weighted by atomic mass is 9.94. The number of ether oxygens (including phenoxy) is 4. The van der Waals surface area contributed by atoms with Gasteiger partial charge in [-0.3, -0.25) is 9.59 Å². The van der Waals surface area contributed by atoms with Crippen LogP contribution < -0.4 is 0 Å². The van der Waals surface area contributed by atoms with E-state index in [1.54, 1.807) is 0 Å². The Morgan fingerprint density at radius 3 is 0.816 bits per heavy atom. The van der Waals surface area contributed by atoms with E-state index in [1.807, 2.05) is 0 Å². The van der Waals surface area contributed by atoms with Gasteiger partial charge in [0.25, 0.3) is 0 Å². The van der Waals surface area contributed by atoms with Crippen LogP contribution in [0, 0.1) is 11.8 Å². The summed E-state index contributed by atoms with van der Waals surface area (Å²) in [4.78, 5) is 31.2. The number of unbranched alkanes of at least 4 members (excludes halogenated alkanes) is 30. The molecule has 4 unspecified atom stereocenters. The Kier molecular flexibility index (Phi) is 83.3. The molecule has 0 saturated carbocycles. The molecule has 0 aromatic heterocycles. The molecule has 0 amide bonds. The number of esters is 2. The third-order valence-corrected chi connectivity index (χ3v) is 27.5. The molecule has 0 aliphatic carbocycles. The Bertz CT molecular complexity index is 1800. The number of aliphatic hydroxyl groups excluding tert-OH is 2. The highest BCUT2D eigenvalue weighted by Gasteiger charge is 2.31. The topological polar surface area (TPSA) is 155 Å². The number of aliphatic hydroxyl groups is 2. The Balaban J connectivity index is 0.00000114. The highest BCUT2D eigenvalue weighted by Crippen LogP contribution is 2.27. The van der Waals surface area contributed by atoms with Crippen LogP contribution in [0.25, 0.3) is 0 Å². The van der Waals surface area contributed by atoms with Gasteiger partial charge in [0.05, 0.1) is 25.0 Å². The molecule has 0 aromatic rings. The fraction of sp³-hybridized carbons (Fsp3) is 0.980. The minimum Gasteiger partial charge on any atom is -0.465 e. The molecule has 0 radical (unpaired) electrons. The normalized spacial score (nSPS) is 17.5. The van der Waals surface area contributed by atoms with Gasteiger partial charge in [0, 0.05) is 39.6 Å². The quantitative estimate of drug-likeness (QED) is 0.0337. The summed E-state index contributed by atoms with van der Waals surface area (Å²) < 4.78 is 50.2. The molecule has 16 heteroatoms. The number of carbonyl (C=O) groups is 2. The van der Waals surface area contributed by atoms with Gasteiger partial charge < -0.3 is 56.7 Å². The van der Waals surface area contributed by atoms with Crippen LogP contribution in [0.1, 0.15) is 477 Å². The largest absolute Gasteiger partial charge is 0.465 e. The fourth-order valence-electron chi connectivity index (χ4n) is 16.5. The van der Waals surface area contributed by atoms with Crippen molar-refractivity contribution in [1.82, 2.24) is 9.80 Å². The molecule has 0 spiro atoms. The van der Waals surface area contributed by atoms with Gasteiger partial charge in [0.15, 0.2) is 0 Å². The van der Waals surface area contributed by atoms with Crippen LogP contribution in [-0.2, 0) is 46.2 Å². The van der Waals surface area contributed by atoms with Crippen molar-refractivity contribution in [2.75, 3.05) is 92.1 Å². The lowest BCUT2D eigenvalue weighted by Gasteiger charge is -2.29. The molecular weight excluding hydrogens is 1450 g/mol. The second-order valence-electron chi connectivity index (χ2n) is 36.1. The lowest BCUT2D eigenvalue weighted by Crippen LogP contribution is -2.40. The molecule has 114 heavy (non-hydrogen) atoms. The number of carbonyl (C=O) groups excluding carboxylic acids is 2. The van der Waals surface area contributed by atoms with Crippen LogP contribution in [0.4, 0.5) is 0 Å². The summed E-state index contributed by atoms with van der Waals surface area (Å²) in [6.45, 7) is 29.3. The Morgan fingerprint density at radius 2 is 0.526 bits per heavy atom. The van der Waals surface area contributed by atoms with Crippen molar-refractivity contribution in [3.63, 3.8) is 0 Å². The molecule has 0 bridgehead atoms. The highest BCUT2D eigenvalue weighted by atomic mass is 28.4. The zero-order valence-electron chi connectivity index (χ0n) is 77.6. The number of hydrogen-bond donors (Lipinski definition) is 2. The average Bonchev–Trinajstić information content (AvgIpc) is 0.906. The van der Waals surface area contributed by atoms with Crippen LogP contribution in [0.3, 0.4) is 0 Å². The molecule has 2 N–H and O–H groups in total. The maximum Gasteiger partial charge on any atom is 0.333 e. The summed E-state index contributed by atoms with van der Waals surface area (Å²) in [5.74, 6) is 0.319. The van der Waals surface area contributed by atoms with E-state index in [-0.39, 0.29) is 49.6 Å². The van der Waals surface area contributed by atoms with E-state index in [4.69, 9.17) is 36.7 Å². The summed E-state index contributed by atoms with van der Waals surface area (Å²) in [6, 6.07) is 0. The van der Waals surface area contributed by atoms with Crippen molar-refractivity contribution >= 4 is 29.1 Å². The zero-order valence-corrected chi connectivity index (χ0v) is 79.6. The highest BCUT2D eigenvalue weighted by molar-refractivity contribution is 6.64. The molecule has 2 rings (SSSR count). The van der Waals surface area contributed by atoms with Gasteiger partial charge in [0.2, 0.25) is 0 Å². The van der Waals surface area contributed by atoms with Crippen LogP contribution in [0.5, 0.6) is 0 Å². The van der Waals surface area contributed by atoms with Crippen molar-refractivity contribution in [2.45, 2.75) is 516 Å². The van der Waals surface area contributed by atoms with E-state index in [0.717, 1.165) is 207 Å². The summed E-state index contributed by atoms with van der Waals surface area (Å²) in [6.07, 6.45) is 84.8. The number of nitrogens with zero attached hydrogens (tertiary/aromatic N) is 2. The Labute approximate surface area is 711 Å². The Hall–Kier alpha value is -1.03. The maximum atomic E-state index is 13.0. The molecule has 0 aromatic carbocycles. The summed E-state index contributed by atoms with van der Waals surface area (Å²) in [5.41, 5.74) is 0. The predicted molar refractivity (Wildman–Crippen MR) is 490 cm³/mol. The van der Waals surface area contributed by atoms with Crippen molar-refractivity contribution in [3.8, 4) is 0 Å². The van der Waals surface area contributed by atoms with Crippen molar-refractivity contribution in [3.05, 3.63) is 0 Å². The first-order valence-electron chi connectivity index (χ1n) is 50.7. The first-order chi connectivity index (χ1) is 55.8. The molecule has 2 fully saturated rings. The number of hydrogen-bond acceptors (Lipinski definition) is 14. The van der Waals surface area contributed by atoms with Crippen molar-refractivity contribution < 1.29 is 56.5 Å². The minimum atomic E-state index is -2.25. The van der Waals surface area contributed by atoms with Gasteiger partial charge in [0.1, 0.15) is 12.6 Å². The maximum absolute atomic E-state index is 13.0. The first kappa shape index (κ1) is 111. The van der Waals surface area contributed by atoms with Gasteiger partial charge in [-0.15, -0.1) is 0 Å². The molecule has 680 valence electrons. The van der Waals surface area contributed by atoms with Crippen LogP contribution in [0.2, 0.25) is 26.2 Å². The standard InChI is InChI=1S/2C49H99NO6Si/c2*1-5-7-9-11-20-28-38-47(37-27-10-8-6-2)49(52)54-45-35-25-22-30-40-50(42-32-33-43-51)41-31-23-26-36-46-55-57(3,4)56-48-39-29-21-18-16-14-12-13-15-17-19-24-34-44-53-48/h2*47-48,51H,5-46H2,1-4H3. The van der Waals surface area contributed by atoms with Crippen LogP contribution >= 0.6 is 0 Å². The summed E-state index contributed by atoms with van der Waals surface area (Å²) in [5, 5.41) is 18.7. The first-order valence-corrected chi connectivity index (χ1v) is 56.3. The Morgan fingerprint density at radius 1 is 0.298 bits per heavy atom. The van der Waals surface area contributed by atoms with E-state index >= 15 is 0 Å². The van der Waals surface area contributed by atoms with Gasteiger partial charge in [-0.05, 0) is 207 Å². The number of rotatable bonds is 68. The second-order valence-corrected chi connectivity index (χ2v) is 42.8. The van der Waals surface area contributed by atoms with Gasteiger partial charge in [-0.2, -0.15) is 0 Å². The van der Waals surface area contributed by atoms with Gasteiger partial charge >= 0.3 is 29.1 Å². The van der Waals surface area contributed by atoms with E-state index in [2.05, 4.69) is 63.7 Å². The monoisotopic (exact) mass is 1650 g/mol. The predicted octanol–water partition coefficient (Wildman–Crippen LogP) is 28.4. The lowest BCUT2D eigenvalue weighted by molar-refractivity contribution is -0.150. The third-order valence-electron chi connectivity index (χ3n) is 24.0. The zero-order chi connectivity index (χ0) is 82.7. The molecule has 2 aliphatic rings. The molecule has 2 heterocycles. The van der Waals surface area contributed by atoms with E-state index in [0.29, 0.717) is 13.2 Å². The second kappa shape index (κ2) is 85.5. The minimum absolute atomic E-state index is 0.0629. The van der Waals surface area contributed by atoms with E-state index < -0.39 is 17.1 Å². The molecular formula is C98H198N2O12Si2. The third kappa shape index (κ3) is 75.9. The van der Waals surface area contributed by atoms with Gasteiger partial charge in [-0.1, -0.05) is 336 Å². The smallest absolute Gasteiger partial charge is 0.333 e. The average molecular weight is 1650 g/mol. The van der Waals surface area contributed by atoms with Crippen molar-refractivity contribution in [2.24, 2.45) is 11.8 Å². The summed E-state index contributed by atoms with van der Waals surface area (Å²) >= 11 is 0. The van der Waals surface area contributed by atoms with Crippen LogP contribution in [0.15, 0.2) is 0 Å². The van der Waals surface area contributed by atoms with Crippen LogP contribution in [-0.4, -0.2) is 154 Å². The van der Waals surface area contributed by atoms with E-state index in [9.17, 15) is 19.8 Å². The summed E-state index contributed by atoms with van der Waals surface area (Å²) in [7, 11) is -4.51. The van der Waals surface area contributed by atoms with E-state index in [1.165, 1.54) is 308 Å². The van der Waals surface area contributed by atoms with Gasteiger partial charge in [-0.25, -0.2) is 0 Å².